The average molecular weight is 296 g/mol. The van der Waals surface area contributed by atoms with E-state index in [1.165, 1.54) is 6.07 Å². The van der Waals surface area contributed by atoms with Crippen LogP contribution in [0.5, 0.6) is 0 Å². The highest BCUT2D eigenvalue weighted by Crippen LogP contribution is 2.42. The highest BCUT2D eigenvalue weighted by molar-refractivity contribution is 5.53. The summed E-state index contributed by atoms with van der Waals surface area (Å²) in [5.41, 5.74) is -0.583. The third kappa shape index (κ3) is 3.49. The summed E-state index contributed by atoms with van der Waals surface area (Å²) in [4.78, 5) is 0. The molecule has 2 atom stereocenters. The highest BCUT2D eigenvalue weighted by atomic mass is 19.4. The van der Waals surface area contributed by atoms with Gasteiger partial charge in [0.25, 0.3) is 0 Å². The maximum atomic E-state index is 12.9. The van der Waals surface area contributed by atoms with Crippen LogP contribution in [0.1, 0.15) is 44.7 Å². The molecule has 1 aromatic carbocycles. The molecule has 2 nitrogen and oxygen atoms in total. The van der Waals surface area contributed by atoms with Gasteiger partial charge in [0.2, 0.25) is 0 Å². The smallest absolute Gasteiger partial charge is 0.382 e. The fourth-order valence-corrected chi connectivity index (χ4v) is 3.27. The third-order valence-corrected chi connectivity index (χ3v) is 4.13. The first kappa shape index (κ1) is 15.7. The molecular formula is C16H19F3N2. The van der Waals surface area contributed by atoms with E-state index in [9.17, 15) is 13.2 Å². The average Bonchev–Trinajstić information content (AvgIpc) is 2.61. The van der Waals surface area contributed by atoms with Crippen LogP contribution in [0.4, 0.5) is 18.9 Å². The number of hydrogen-bond acceptors (Lipinski definition) is 2. The molecule has 114 valence electrons. The van der Waals surface area contributed by atoms with Gasteiger partial charge in [-0.15, -0.1) is 0 Å². The lowest BCUT2D eigenvalue weighted by Crippen LogP contribution is -2.23. The van der Waals surface area contributed by atoms with E-state index >= 15 is 0 Å². The molecule has 5 heteroatoms. The standard InChI is InChI=1S/C16H19F3N2/c1-10-7-15(2,3)8-14(10)21-12-5-4-11(9-20)13(6-12)16(17,18)19/h4-6,10,14,21H,7-8H2,1-3H3. The van der Waals surface area contributed by atoms with E-state index in [-0.39, 0.29) is 17.0 Å². The Morgan fingerprint density at radius 2 is 1.95 bits per heavy atom. The first-order valence-corrected chi connectivity index (χ1v) is 7.00. The van der Waals surface area contributed by atoms with Crippen LogP contribution in [-0.4, -0.2) is 6.04 Å². The number of anilines is 1. The van der Waals surface area contributed by atoms with Crippen LogP contribution in [-0.2, 0) is 6.18 Å². The summed E-state index contributed by atoms with van der Waals surface area (Å²) in [6, 6.07) is 5.58. The lowest BCUT2D eigenvalue weighted by molar-refractivity contribution is -0.137. The number of nitrogens with one attached hydrogen (secondary N) is 1. The van der Waals surface area contributed by atoms with Crippen molar-refractivity contribution in [1.29, 1.82) is 5.26 Å². The van der Waals surface area contributed by atoms with Crippen LogP contribution in [0.15, 0.2) is 18.2 Å². The van der Waals surface area contributed by atoms with Crippen molar-refractivity contribution in [2.24, 2.45) is 11.3 Å². The van der Waals surface area contributed by atoms with Crippen LogP contribution < -0.4 is 5.32 Å². The summed E-state index contributed by atoms with van der Waals surface area (Å²) < 4.78 is 38.8. The Hall–Kier alpha value is -1.70. The van der Waals surface area contributed by atoms with Gasteiger partial charge in [0.15, 0.2) is 0 Å². The summed E-state index contributed by atoms with van der Waals surface area (Å²) in [6.07, 6.45) is -2.54. The van der Waals surface area contributed by atoms with E-state index < -0.39 is 11.7 Å². The molecule has 1 aliphatic carbocycles. The number of benzene rings is 1. The number of hydrogen-bond donors (Lipinski definition) is 1. The predicted octanol–water partition coefficient (Wildman–Crippen LogP) is 4.81. The summed E-state index contributed by atoms with van der Waals surface area (Å²) in [7, 11) is 0. The van der Waals surface area contributed by atoms with E-state index in [1.54, 1.807) is 12.1 Å². The van der Waals surface area contributed by atoms with Gasteiger partial charge >= 0.3 is 6.18 Å². The number of nitrogens with zero attached hydrogens (tertiary/aromatic N) is 1. The molecule has 2 rings (SSSR count). The first-order valence-electron chi connectivity index (χ1n) is 7.00. The maximum Gasteiger partial charge on any atom is 0.417 e. The second-order valence-electron chi connectivity index (χ2n) is 6.67. The fourth-order valence-electron chi connectivity index (χ4n) is 3.27. The van der Waals surface area contributed by atoms with Crippen molar-refractivity contribution >= 4 is 5.69 Å². The summed E-state index contributed by atoms with van der Waals surface area (Å²) in [6.45, 7) is 6.46. The molecule has 0 heterocycles. The summed E-state index contributed by atoms with van der Waals surface area (Å²) in [5.74, 6) is 0.407. The van der Waals surface area contributed by atoms with Crippen molar-refractivity contribution in [3.8, 4) is 6.07 Å². The minimum atomic E-state index is -4.51. The normalized spacial score (nSPS) is 24.6. The van der Waals surface area contributed by atoms with Gasteiger partial charge in [0.05, 0.1) is 17.2 Å². The molecule has 2 unspecified atom stereocenters. The zero-order valence-electron chi connectivity index (χ0n) is 12.4. The Bertz CT molecular complexity index is 570. The molecule has 1 aromatic rings. The van der Waals surface area contributed by atoms with E-state index in [2.05, 4.69) is 26.1 Å². The highest BCUT2D eigenvalue weighted by Gasteiger charge is 2.37. The van der Waals surface area contributed by atoms with Gasteiger partial charge in [-0.25, -0.2) is 0 Å². The minimum Gasteiger partial charge on any atom is -0.382 e. The van der Waals surface area contributed by atoms with Crippen molar-refractivity contribution in [2.45, 2.75) is 45.8 Å². The lowest BCUT2D eigenvalue weighted by atomic mass is 9.91. The molecule has 0 bridgehead atoms. The van der Waals surface area contributed by atoms with Gasteiger partial charge in [0, 0.05) is 11.7 Å². The van der Waals surface area contributed by atoms with Crippen LogP contribution in [0.2, 0.25) is 0 Å². The second kappa shape index (κ2) is 5.25. The van der Waals surface area contributed by atoms with Crippen LogP contribution >= 0.6 is 0 Å². The van der Waals surface area contributed by atoms with Gasteiger partial charge in [-0.05, 0) is 42.4 Å². The third-order valence-electron chi connectivity index (χ3n) is 4.13. The summed E-state index contributed by atoms with van der Waals surface area (Å²) >= 11 is 0. The maximum absolute atomic E-state index is 12.9. The Labute approximate surface area is 123 Å². The molecule has 1 N–H and O–H groups in total. The molecule has 0 radical (unpaired) electrons. The second-order valence-corrected chi connectivity index (χ2v) is 6.67. The minimum absolute atomic E-state index is 0.161. The van der Waals surface area contributed by atoms with Crippen molar-refractivity contribution in [1.82, 2.24) is 0 Å². The van der Waals surface area contributed by atoms with E-state index in [0.717, 1.165) is 18.9 Å². The van der Waals surface area contributed by atoms with Crippen molar-refractivity contribution in [2.75, 3.05) is 5.32 Å². The van der Waals surface area contributed by atoms with E-state index in [4.69, 9.17) is 5.26 Å². The molecule has 0 aromatic heterocycles. The zero-order chi connectivity index (χ0) is 15.8. The molecule has 0 aliphatic heterocycles. The molecule has 0 saturated heterocycles. The van der Waals surface area contributed by atoms with E-state index in [0.29, 0.717) is 11.6 Å². The van der Waals surface area contributed by atoms with Crippen molar-refractivity contribution < 1.29 is 13.2 Å². The van der Waals surface area contributed by atoms with Crippen LogP contribution in [0.3, 0.4) is 0 Å². The molecule has 0 spiro atoms. The number of halogens is 3. The predicted molar refractivity (Wildman–Crippen MR) is 75.7 cm³/mol. The monoisotopic (exact) mass is 296 g/mol. The molecule has 1 aliphatic rings. The zero-order valence-corrected chi connectivity index (χ0v) is 12.4. The molecular weight excluding hydrogens is 277 g/mol. The Balaban J connectivity index is 2.25. The number of rotatable bonds is 2. The van der Waals surface area contributed by atoms with Crippen molar-refractivity contribution in [3.05, 3.63) is 29.3 Å². The van der Waals surface area contributed by atoms with Crippen LogP contribution in [0, 0.1) is 22.7 Å². The van der Waals surface area contributed by atoms with Gasteiger partial charge in [-0.1, -0.05) is 20.8 Å². The van der Waals surface area contributed by atoms with Gasteiger partial charge in [-0.3, -0.25) is 0 Å². The fraction of sp³-hybridized carbons (Fsp3) is 0.562. The molecule has 1 fully saturated rings. The summed E-state index contributed by atoms with van der Waals surface area (Å²) in [5, 5.41) is 12.0. The van der Waals surface area contributed by atoms with Gasteiger partial charge < -0.3 is 5.32 Å². The Morgan fingerprint density at radius 1 is 1.29 bits per heavy atom. The van der Waals surface area contributed by atoms with E-state index in [1.807, 2.05) is 0 Å². The lowest BCUT2D eigenvalue weighted by Gasteiger charge is -2.21. The van der Waals surface area contributed by atoms with Crippen molar-refractivity contribution in [3.63, 3.8) is 0 Å². The molecule has 1 saturated carbocycles. The van der Waals surface area contributed by atoms with Crippen LogP contribution in [0.25, 0.3) is 0 Å². The molecule has 0 amide bonds. The molecule has 21 heavy (non-hydrogen) atoms. The Morgan fingerprint density at radius 3 is 2.43 bits per heavy atom. The quantitative estimate of drug-likeness (QED) is 0.849. The topological polar surface area (TPSA) is 35.8 Å². The van der Waals surface area contributed by atoms with Gasteiger partial charge in [0.1, 0.15) is 0 Å². The number of alkyl halides is 3. The first-order chi connectivity index (χ1) is 9.62. The SMILES string of the molecule is CC1CC(C)(C)CC1Nc1ccc(C#N)c(C(F)(F)F)c1. The Kier molecular flexibility index (Phi) is 3.92. The largest absolute Gasteiger partial charge is 0.417 e. The number of nitriles is 1. The van der Waals surface area contributed by atoms with Gasteiger partial charge in [-0.2, -0.15) is 18.4 Å².